The molecular weight excluding hydrogens is 208 g/mol. The number of rotatable bonds is 3. The maximum atomic E-state index is 3.78. The molecule has 0 atom stereocenters. The first-order valence-corrected chi connectivity index (χ1v) is 5.89. The van der Waals surface area contributed by atoms with E-state index in [1.54, 1.807) is 0 Å². The van der Waals surface area contributed by atoms with Crippen molar-refractivity contribution in [2.24, 2.45) is 5.41 Å². The van der Waals surface area contributed by atoms with Crippen LogP contribution in [0.15, 0.2) is 12.7 Å². The first kappa shape index (κ1) is 13.0. The first-order chi connectivity index (χ1) is 6.85. The van der Waals surface area contributed by atoms with E-state index in [-0.39, 0.29) is 12.4 Å². The molecule has 0 unspecified atom stereocenters. The van der Waals surface area contributed by atoms with E-state index in [2.05, 4.69) is 16.8 Å². The van der Waals surface area contributed by atoms with Crippen molar-refractivity contribution in [3.63, 3.8) is 0 Å². The highest BCUT2D eigenvalue weighted by Gasteiger charge is 2.36. The Morgan fingerprint density at radius 3 is 2.53 bits per heavy atom. The molecule has 0 amide bonds. The fraction of sp³-hybridized carbons (Fsp3) is 0.833. The highest BCUT2D eigenvalue weighted by atomic mass is 35.5. The van der Waals surface area contributed by atoms with Gasteiger partial charge in [0.05, 0.1) is 0 Å². The van der Waals surface area contributed by atoms with Gasteiger partial charge in [0, 0.05) is 13.1 Å². The van der Waals surface area contributed by atoms with Gasteiger partial charge in [-0.05, 0) is 50.7 Å². The minimum atomic E-state index is 0. The molecule has 2 aliphatic rings. The van der Waals surface area contributed by atoms with Gasteiger partial charge in [-0.2, -0.15) is 0 Å². The summed E-state index contributed by atoms with van der Waals surface area (Å²) in [5, 5.41) is 3.51. The van der Waals surface area contributed by atoms with E-state index in [1.807, 2.05) is 6.08 Å². The Kier molecular flexibility index (Phi) is 5.10. The molecule has 0 aromatic rings. The number of nitrogens with one attached hydrogen (secondary N) is 1. The molecule has 15 heavy (non-hydrogen) atoms. The molecular formula is C12H23ClN2. The zero-order valence-corrected chi connectivity index (χ0v) is 10.3. The predicted octanol–water partition coefficient (Wildman–Crippen LogP) is 2.06. The van der Waals surface area contributed by atoms with Crippen molar-refractivity contribution in [2.75, 3.05) is 32.7 Å². The number of hydrogen-bond donors (Lipinski definition) is 1. The molecule has 0 bridgehead atoms. The topological polar surface area (TPSA) is 15.3 Å². The van der Waals surface area contributed by atoms with Crippen molar-refractivity contribution in [3.05, 3.63) is 12.7 Å². The van der Waals surface area contributed by atoms with Crippen LogP contribution in [0.2, 0.25) is 0 Å². The third-order valence-electron chi connectivity index (χ3n) is 3.90. The van der Waals surface area contributed by atoms with Crippen LogP contribution in [-0.2, 0) is 0 Å². The second kappa shape index (κ2) is 5.88. The maximum Gasteiger partial charge on any atom is 0.00158 e. The van der Waals surface area contributed by atoms with Crippen molar-refractivity contribution >= 4 is 12.4 Å². The Morgan fingerprint density at radius 1 is 1.27 bits per heavy atom. The van der Waals surface area contributed by atoms with Crippen LogP contribution in [0.4, 0.5) is 0 Å². The van der Waals surface area contributed by atoms with E-state index in [0.717, 1.165) is 6.42 Å². The highest BCUT2D eigenvalue weighted by molar-refractivity contribution is 5.85. The van der Waals surface area contributed by atoms with E-state index in [9.17, 15) is 0 Å². The molecule has 2 heterocycles. The summed E-state index contributed by atoms with van der Waals surface area (Å²) in [6.07, 6.45) is 7.38. The summed E-state index contributed by atoms with van der Waals surface area (Å²) in [4.78, 5) is 2.59. The van der Waals surface area contributed by atoms with Crippen molar-refractivity contribution < 1.29 is 0 Å². The molecule has 0 aromatic carbocycles. The van der Waals surface area contributed by atoms with Gasteiger partial charge >= 0.3 is 0 Å². The van der Waals surface area contributed by atoms with E-state index in [0.29, 0.717) is 5.41 Å². The largest absolute Gasteiger partial charge is 0.316 e. The minimum Gasteiger partial charge on any atom is -0.316 e. The van der Waals surface area contributed by atoms with E-state index < -0.39 is 0 Å². The fourth-order valence-corrected chi connectivity index (χ4v) is 2.75. The Hall–Kier alpha value is -0.0500. The van der Waals surface area contributed by atoms with Crippen LogP contribution in [-0.4, -0.2) is 37.6 Å². The molecule has 0 saturated carbocycles. The average Bonchev–Trinajstić information content (AvgIpc) is 2.66. The van der Waals surface area contributed by atoms with Crippen LogP contribution < -0.4 is 5.32 Å². The third-order valence-corrected chi connectivity index (χ3v) is 3.90. The average molecular weight is 231 g/mol. The lowest BCUT2D eigenvalue weighted by molar-refractivity contribution is 0.120. The molecule has 2 aliphatic heterocycles. The van der Waals surface area contributed by atoms with Gasteiger partial charge in [-0.15, -0.1) is 19.0 Å². The molecule has 2 rings (SSSR count). The van der Waals surface area contributed by atoms with E-state index in [4.69, 9.17) is 0 Å². The zero-order valence-electron chi connectivity index (χ0n) is 9.50. The lowest BCUT2D eigenvalue weighted by Gasteiger charge is -2.38. The monoisotopic (exact) mass is 230 g/mol. The second-order valence-electron chi connectivity index (χ2n) is 4.85. The molecule has 2 fully saturated rings. The molecule has 2 saturated heterocycles. The Bertz CT molecular complexity index is 190. The summed E-state index contributed by atoms with van der Waals surface area (Å²) < 4.78 is 0. The summed E-state index contributed by atoms with van der Waals surface area (Å²) in [6.45, 7) is 10.1. The summed E-state index contributed by atoms with van der Waals surface area (Å²) in [5.74, 6) is 0. The SMILES string of the molecule is C=CCCN1CCC2(CCNC2)CC1.Cl. The molecule has 0 aromatic heterocycles. The van der Waals surface area contributed by atoms with Crippen molar-refractivity contribution in [1.82, 2.24) is 10.2 Å². The van der Waals surface area contributed by atoms with Crippen LogP contribution >= 0.6 is 12.4 Å². The zero-order chi connectivity index (χ0) is 9.86. The van der Waals surface area contributed by atoms with Gasteiger partial charge in [0.2, 0.25) is 0 Å². The van der Waals surface area contributed by atoms with Gasteiger partial charge < -0.3 is 10.2 Å². The van der Waals surface area contributed by atoms with Gasteiger partial charge in [0.1, 0.15) is 0 Å². The van der Waals surface area contributed by atoms with Gasteiger partial charge in [-0.25, -0.2) is 0 Å². The van der Waals surface area contributed by atoms with Crippen LogP contribution in [0.5, 0.6) is 0 Å². The van der Waals surface area contributed by atoms with Crippen LogP contribution in [0, 0.1) is 5.41 Å². The summed E-state index contributed by atoms with van der Waals surface area (Å²) >= 11 is 0. The van der Waals surface area contributed by atoms with Gasteiger partial charge in [0.15, 0.2) is 0 Å². The highest BCUT2D eigenvalue weighted by Crippen LogP contribution is 2.36. The standard InChI is InChI=1S/C12H22N2.ClH/c1-2-3-8-14-9-5-12(6-10-14)4-7-13-11-12;/h2,13H,1,3-11H2;1H. The molecule has 3 heteroatoms. The molecule has 1 N–H and O–H groups in total. The van der Waals surface area contributed by atoms with Gasteiger partial charge in [-0.1, -0.05) is 6.08 Å². The predicted molar refractivity (Wildman–Crippen MR) is 67.7 cm³/mol. The molecule has 0 aliphatic carbocycles. The van der Waals surface area contributed by atoms with Crippen molar-refractivity contribution in [2.45, 2.75) is 25.7 Å². The van der Waals surface area contributed by atoms with E-state index in [1.165, 1.54) is 52.0 Å². The lowest BCUT2D eigenvalue weighted by atomic mass is 9.78. The summed E-state index contributed by atoms with van der Waals surface area (Å²) in [6, 6.07) is 0. The molecule has 0 radical (unpaired) electrons. The summed E-state index contributed by atoms with van der Waals surface area (Å²) in [7, 11) is 0. The Labute approximate surface area is 99.5 Å². The van der Waals surface area contributed by atoms with Crippen LogP contribution in [0.25, 0.3) is 0 Å². The van der Waals surface area contributed by atoms with Gasteiger partial charge in [0.25, 0.3) is 0 Å². The molecule has 88 valence electrons. The number of nitrogens with zero attached hydrogens (tertiary/aromatic N) is 1. The van der Waals surface area contributed by atoms with Gasteiger partial charge in [-0.3, -0.25) is 0 Å². The third kappa shape index (κ3) is 3.20. The first-order valence-electron chi connectivity index (χ1n) is 5.89. The van der Waals surface area contributed by atoms with Crippen molar-refractivity contribution in [1.29, 1.82) is 0 Å². The quantitative estimate of drug-likeness (QED) is 0.747. The number of likely N-dealkylation sites (tertiary alicyclic amines) is 1. The minimum absolute atomic E-state index is 0. The normalized spacial score (nSPS) is 25.1. The fourth-order valence-electron chi connectivity index (χ4n) is 2.75. The second-order valence-corrected chi connectivity index (χ2v) is 4.85. The lowest BCUT2D eigenvalue weighted by Crippen LogP contribution is -2.41. The van der Waals surface area contributed by atoms with E-state index >= 15 is 0 Å². The van der Waals surface area contributed by atoms with Crippen LogP contribution in [0.3, 0.4) is 0 Å². The van der Waals surface area contributed by atoms with Crippen molar-refractivity contribution in [3.8, 4) is 0 Å². The Morgan fingerprint density at radius 2 is 2.00 bits per heavy atom. The van der Waals surface area contributed by atoms with Crippen LogP contribution in [0.1, 0.15) is 25.7 Å². The summed E-state index contributed by atoms with van der Waals surface area (Å²) in [5.41, 5.74) is 0.671. The molecule has 1 spiro atoms. The number of piperidine rings is 1. The number of hydrogen-bond acceptors (Lipinski definition) is 2. The smallest absolute Gasteiger partial charge is 0.00158 e. The molecule has 2 nitrogen and oxygen atoms in total. The Balaban J connectivity index is 0.00000112. The number of halogens is 1. The maximum absolute atomic E-state index is 3.78.